The number of hydrogen-bond donors (Lipinski definition) is 2. The van der Waals surface area contributed by atoms with Gasteiger partial charge in [-0.25, -0.2) is 13.2 Å². The Labute approximate surface area is 176 Å². The quantitative estimate of drug-likeness (QED) is 0.656. The zero-order valence-electron chi connectivity index (χ0n) is 16.5. The van der Waals surface area contributed by atoms with Gasteiger partial charge in [0.15, 0.2) is 0 Å². The molecule has 0 spiro atoms. The highest BCUT2D eigenvalue weighted by molar-refractivity contribution is 7.91. The molecule has 1 saturated heterocycles. The van der Waals surface area contributed by atoms with Gasteiger partial charge in [-0.05, 0) is 61.9 Å². The molecule has 1 aliphatic heterocycles. The monoisotopic (exact) mass is 437 g/mol. The van der Waals surface area contributed by atoms with E-state index in [9.17, 15) is 13.2 Å². The molecule has 0 saturated carbocycles. The van der Waals surface area contributed by atoms with E-state index in [1.807, 2.05) is 6.92 Å². The van der Waals surface area contributed by atoms with Crippen LogP contribution >= 0.6 is 11.3 Å². The molecular formula is C20H27N3O4S2. The Morgan fingerprint density at radius 3 is 2.72 bits per heavy atom. The number of sulfonamides is 1. The van der Waals surface area contributed by atoms with Crippen LogP contribution in [-0.4, -0.2) is 44.5 Å². The summed E-state index contributed by atoms with van der Waals surface area (Å²) >= 11 is 1.24. The Morgan fingerprint density at radius 1 is 1.24 bits per heavy atom. The molecule has 7 nitrogen and oxygen atoms in total. The first kappa shape index (κ1) is 21.6. The summed E-state index contributed by atoms with van der Waals surface area (Å²) in [5.41, 5.74) is 0.672. The lowest BCUT2D eigenvalue weighted by Crippen LogP contribution is -2.45. The molecule has 3 rings (SSSR count). The Bertz CT molecular complexity index is 883. The maximum atomic E-state index is 12.9. The zero-order valence-corrected chi connectivity index (χ0v) is 18.1. The number of anilines is 1. The molecule has 2 amide bonds. The maximum Gasteiger partial charge on any atom is 0.319 e. The van der Waals surface area contributed by atoms with Gasteiger partial charge in [0.1, 0.15) is 9.96 Å². The van der Waals surface area contributed by atoms with Crippen LogP contribution in [0.3, 0.4) is 0 Å². The molecule has 1 aromatic carbocycles. The number of benzene rings is 1. The van der Waals surface area contributed by atoms with E-state index in [1.54, 1.807) is 46.1 Å². The van der Waals surface area contributed by atoms with Gasteiger partial charge in [-0.15, -0.1) is 11.3 Å². The van der Waals surface area contributed by atoms with Gasteiger partial charge in [-0.3, -0.25) is 0 Å². The first-order chi connectivity index (χ1) is 14.0. The van der Waals surface area contributed by atoms with Gasteiger partial charge in [0.2, 0.25) is 0 Å². The van der Waals surface area contributed by atoms with Gasteiger partial charge < -0.3 is 15.4 Å². The third-order valence-corrected chi connectivity index (χ3v) is 8.14. The zero-order chi connectivity index (χ0) is 20.7. The second-order valence-corrected chi connectivity index (χ2v) is 9.89. The van der Waals surface area contributed by atoms with Crippen LogP contribution in [0.5, 0.6) is 5.75 Å². The van der Waals surface area contributed by atoms with E-state index in [1.165, 1.54) is 11.3 Å². The number of carbonyl (C=O) groups excluding carboxylic acids is 1. The van der Waals surface area contributed by atoms with Crippen LogP contribution in [0, 0.1) is 0 Å². The third-order valence-electron chi connectivity index (χ3n) is 4.82. The van der Waals surface area contributed by atoms with E-state index in [4.69, 9.17) is 4.74 Å². The molecule has 2 aromatic rings. The lowest BCUT2D eigenvalue weighted by Gasteiger charge is -2.34. The first-order valence-electron chi connectivity index (χ1n) is 9.84. The van der Waals surface area contributed by atoms with Gasteiger partial charge >= 0.3 is 6.03 Å². The van der Waals surface area contributed by atoms with Crippen molar-refractivity contribution in [3.05, 3.63) is 41.8 Å². The Kier molecular flexibility index (Phi) is 7.51. The van der Waals surface area contributed by atoms with E-state index in [0.29, 0.717) is 36.0 Å². The molecule has 1 aromatic heterocycles. The topological polar surface area (TPSA) is 87.7 Å². The Morgan fingerprint density at radius 2 is 2.03 bits per heavy atom. The number of piperidine rings is 1. The molecule has 158 valence electrons. The van der Waals surface area contributed by atoms with E-state index in [-0.39, 0.29) is 12.1 Å². The van der Waals surface area contributed by atoms with Crippen molar-refractivity contribution in [3.63, 3.8) is 0 Å². The van der Waals surface area contributed by atoms with Crippen molar-refractivity contribution in [2.75, 3.05) is 25.0 Å². The highest BCUT2D eigenvalue weighted by Gasteiger charge is 2.33. The first-order valence-corrected chi connectivity index (χ1v) is 12.2. The Balaban J connectivity index is 1.51. The lowest BCUT2D eigenvalue weighted by atomic mass is 10.0. The predicted molar refractivity (Wildman–Crippen MR) is 115 cm³/mol. The van der Waals surface area contributed by atoms with Gasteiger partial charge in [-0.1, -0.05) is 12.5 Å². The van der Waals surface area contributed by atoms with Crippen LogP contribution in [0.1, 0.15) is 32.6 Å². The van der Waals surface area contributed by atoms with Crippen molar-refractivity contribution in [3.8, 4) is 5.75 Å². The molecule has 1 atom stereocenters. The summed E-state index contributed by atoms with van der Waals surface area (Å²) in [7, 11) is -3.46. The summed E-state index contributed by atoms with van der Waals surface area (Å²) in [6.07, 6.45) is 3.26. The molecule has 9 heteroatoms. The highest BCUT2D eigenvalue weighted by Crippen LogP contribution is 2.29. The van der Waals surface area contributed by atoms with Crippen molar-refractivity contribution in [1.29, 1.82) is 0 Å². The molecule has 1 aliphatic rings. The van der Waals surface area contributed by atoms with Gasteiger partial charge in [0.25, 0.3) is 10.0 Å². The lowest BCUT2D eigenvalue weighted by molar-refractivity contribution is 0.234. The van der Waals surface area contributed by atoms with Crippen LogP contribution in [0.15, 0.2) is 46.0 Å². The molecule has 29 heavy (non-hydrogen) atoms. The minimum absolute atomic E-state index is 0.0957. The van der Waals surface area contributed by atoms with Crippen LogP contribution in [0.4, 0.5) is 10.5 Å². The van der Waals surface area contributed by atoms with Crippen LogP contribution in [0.2, 0.25) is 0 Å². The van der Waals surface area contributed by atoms with Crippen molar-refractivity contribution in [1.82, 2.24) is 9.62 Å². The fourth-order valence-corrected chi connectivity index (χ4v) is 6.28. The minimum Gasteiger partial charge on any atom is -0.494 e. The van der Waals surface area contributed by atoms with Crippen LogP contribution < -0.4 is 15.4 Å². The van der Waals surface area contributed by atoms with Gasteiger partial charge in [0.05, 0.1) is 6.61 Å². The number of ether oxygens (including phenoxy) is 1. The number of nitrogens with zero attached hydrogens (tertiary/aromatic N) is 1. The van der Waals surface area contributed by atoms with Gasteiger partial charge in [-0.2, -0.15) is 4.31 Å². The number of thiophene rings is 1. The molecule has 2 heterocycles. The SMILES string of the molecule is CCOc1ccc(NC(=O)NCCC2CCCCN2S(=O)(=O)c2cccs2)cc1. The molecule has 1 fully saturated rings. The van der Waals surface area contributed by atoms with E-state index in [0.717, 1.165) is 25.0 Å². The second kappa shape index (κ2) is 10.1. The van der Waals surface area contributed by atoms with E-state index in [2.05, 4.69) is 10.6 Å². The van der Waals surface area contributed by atoms with Crippen molar-refractivity contribution in [2.24, 2.45) is 0 Å². The fourth-order valence-electron chi connectivity index (χ4n) is 3.43. The standard InChI is InChI=1S/C20H27N3O4S2/c1-2-27-18-10-8-16(9-11-18)22-20(24)21-13-12-17-6-3-4-14-23(17)29(25,26)19-7-5-15-28-19/h5,7-11,15,17H,2-4,6,12-14H2,1H3,(H2,21,22,24). The number of hydrogen-bond acceptors (Lipinski definition) is 5. The summed E-state index contributed by atoms with van der Waals surface area (Å²) in [4.78, 5) is 12.1. The summed E-state index contributed by atoms with van der Waals surface area (Å²) < 4.78 is 33.2. The van der Waals surface area contributed by atoms with Crippen molar-refractivity contribution < 1.29 is 17.9 Å². The fraction of sp³-hybridized carbons (Fsp3) is 0.450. The smallest absolute Gasteiger partial charge is 0.319 e. The minimum atomic E-state index is -3.46. The molecule has 0 aliphatic carbocycles. The number of carbonyl (C=O) groups is 1. The summed E-state index contributed by atoms with van der Waals surface area (Å²) in [5, 5.41) is 7.38. The molecular weight excluding hydrogens is 410 g/mol. The largest absolute Gasteiger partial charge is 0.494 e. The van der Waals surface area contributed by atoms with E-state index < -0.39 is 10.0 Å². The number of urea groups is 1. The van der Waals surface area contributed by atoms with Crippen molar-refractivity contribution >= 4 is 33.1 Å². The number of rotatable bonds is 8. The molecule has 1 unspecified atom stereocenters. The average Bonchev–Trinajstić information content (AvgIpc) is 3.26. The Hall–Kier alpha value is -2.10. The third kappa shape index (κ3) is 5.71. The number of amides is 2. The highest BCUT2D eigenvalue weighted by atomic mass is 32.2. The summed E-state index contributed by atoms with van der Waals surface area (Å²) in [6, 6.07) is 10.2. The van der Waals surface area contributed by atoms with Crippen LogP contribution in [0.25, 0.3) is 0 Å². The van der Waals surface area contributed by atoms with Crippen LogP contribution in [-0.2, 0) is 10.0 Å². The van der Waals surface area contributed by atoms with Crippen molar-refractivity contribution in [2.45, 2.75) is 42.9 Å². The predicted octanol–water partition coefficient (Wildman–Crippen LogP) is 3.90. The normalized spacial score (nSPS) is 17.6. The average molecular weight is 438 g/mol. The summed E-state index contributed by atoms with van der Waals surface area (Å²) in [6.45, 7) is 3.44. The molecule has 0 radical (unpaired) electrons. The number of nitrogens with one attached hydrogen (secondary N) is 2. The maximum absolute atomic E-state index is 12.9. The second-order valence-electron chi connectivity index (χ2n) is 6.82. The summed E-state index contributed by atoms with van der Waals surface area (Å²) in [5.74, 6) is 0.753. The molecule has 0 bridgehead atoms. The molecule has 2 N–H and O–H groups in total. The van der Waals surface area contributed by atoms with Gasteiger partial charge in [0, 0.05) is 24.8 Å². The van der Waals surface area contributed by atoms with E-state index >= 15 is 0 Å².